The first-order valence-electron chi connectivity index (χ1n) is 6.05. The summed E-state index contributed by atoms with van der Waals surface area (Å²) in [5.74, 6) is 0.887. The van der Waals surface area contributed by atoms with Crippen molar-refractivity contribution in [2.45, 2.75) is 32.1 Å². The van der Waals surface area contributed by atoms with Gasteiger partial charge < -0.3 is 14.9 Å². The predicted octanol–water partition coefficient (Wildman–Crippen LogP) is 2.91. The standard InChI is InChI=1S/C12H18Br2N2O2/c1-7-5-16(6-8(2)17-7)10(4-15)11-3-9(13)12(14)18-11/h3,7-8,10H,4-6,15H2,1-2H3. The summed E-state index contributed by atoms with van der Waals surface area (Å²) in [5, 5.41) is 0. The number of morpholine rings is 1. The van der Waals surface area contributed by atoms with E-state index in [1.54, 1.807) is 0 Å². The first-order valence-corrected chi connectivity index (χ1v) is 7.64. The van der Waals surface area contributed by atoms with Crippen molar-refractivity contribution in [3.63, 3.8) is 0 Å². The zero-order valence-corrected chi connectivity index (χ0v) is 13.7. The molecule has 1 aliphatic heterocycles. The lowest BCUT2D eigenvalue weighted by Crippen LogP contribution is -2.48. The third-order valence-corrected chi connectivity index (χ3v) is 4.81. The first-order chi connectivity index (χ1) is 8.51. The van der Waals surface area contributed by atoms with Gasteiger partial charge in [-0.25, -0.2) is 0 Å². The maximum absolute atomic E-state index is 5.91. The fourth-order valence-electron chi connectivity index (χ4n) is 2.44. The molecule has 6 heteroatoms. The molecule has 0 bridgehead atoms. The number of nitrogens with zero attached hydrogens (tertiary/aromatic N) is 1. The SMILES string of the molecule is CC1CN(C(CN)c2cc(Br)c(Br)o2)CC(C)O1. The predicted molar refractivity (Wildman–Crippen MR) is 77.5 cm³/mol. The Morgan fingerprint density at radius 2 is 2.00 bits per heavy atom. The number of ether oxygens (including phenoxy) is 1. The van der Waals surface area contributed by atoms with Crippen molar-refractivity contribution < 1.29 is 9.15 Å². The Balaban J connectivity index is 2.17. The van der Waals surface area contributed by atoms with E-state index in [4.69, 9.17) is 14.9 Å². The molecule has 1 aromatic rings. The van der Waals surface area contributed by atoms with Crippen LogP contribution in [0.1, 0.15) is 25.6 Å². The van der Waals surface area contributed by atoms with Crippen molar-refractivity contribution in [1.82, 2.24) is 4.90 Å². The number of rotatable bonds is 3. The van der Waals surface area contributed by atoms with Gasteiger partial charge in [0, 0.05) is 19.6 Å². The monoisotopic (exact) mass is 380 g/mol. The Bertz CT molecular complexity index is 381. The minimum absolute atomic E-state index is 0.0985. The summed E-state index contributed by atoms with van der Waals surface area (Å²) < 4.78 is 13.1. The third kappa shape index (κ3) is 3.17. The summed E-state index contributed by atoms with van der Waals surface area (Å²) in [6, 6.07) is 2.08. The van der Waals surface area contributed by atoms with Gasteiger partial charge in [-0.3, -0.25) is 4.90 Å². The summed E-state index contributed by atoms with van der Waals surface area (Å²) in [4.78, 5) is 2.33. The third-order valence-electron chi connectivity index (χ3n) is 3.10. The van der Waals surface area contributed by atoms with E-state index >= 15 is 0 Å². The van der Waals surface area contributed by atoms with E-state index in [9.17, 15) is 0 Å². The Kier molecular flexibility index (Phi) is 4.88. The molecule has 18 heavy (non-hydrogen) atoms. The molecule has 4 nitrogen and oxygen atoms in total. The second kappa shape index (κ2) is 6.05. The van der Waals surface area contributed by atoms with Crippen LogP contribution in [0.5, 0.6) is 0 Å². The molecule has 102 valence electrons. The molecule has 0 spiro atoms. The van der Waals surface area contributed by atoms with Crippen LogP contribution in [0.25, 0.3) is 0 Å². The Morgan fingerprint density at radius 1 is 1.39 bits per heavy atom. The summed E-state index contributed by atoms with van der Waals surface area (Å²) in [5.41, 5.74) is 5.91. The topological polar surface area (TPSA) is 51.6 Å². The second-order valence-corrected chi connectivity index (χ2v) is 6.31. The van der Waals surface area contributed by atoms with E-state index in [0.29, 0.717) is 11.2 Å². The Labute approximate surface area is 124 Å². The smallest absolute Gasteiger partial charge is 0.183 e. The Morgan fingerprint density at radius 3 is 2.44 bits per heavy atom. The molecular formula is C12H18Br2N2O2. The fraction of sp³-hybridized carbons (Fsp3) is 0.667. The van der Waals surface area contributed by atoms with Crippen LogP contribution in [-0.2, 0) is 4.74 Å². The maximum atomic E-state index is 5.91. The highest BCUT2D eigenvalue weighted by Gasteiger charge is 2.30. The quantitative estimate of drug-likeness (QED) is 0.874. The van der Waals surface area contributed by atoms with Crippen LogP contribution in [0.3, 0.4) is 0 Å². The van der Waals surface area contributed by atoms with Gasteiger partial charge in [0.25, 0.3) is 0 Å². The molecule has 0 saturated carbocycles. The van der Waals surface area contributed by atoms with Gasteiger partial charge in [0.2, 0.25) is 0 Å². The van der Waals surface area contributed by atoms with Crippen LogP contribution in [0.4, 0.5) is 0 Å². The normalized spacial score (nSPS) is 27.4. The molecule has 1 aliphatic rings. The molecule has 0 aliphatic carbocycles. The fourth-order valence-corrected chi connectivity index (χ4v) is 3.05. The number of hydrogen-bond acceptors (Lipinski definition) is 4. The number of hydrogen-bond donors (Lipinski definition) is 1. The zero-order chi connectivity index (χ0) is 13.3. The van der Waals surface area contributed by atoms with Crippen molar-refractivity contribution in [3.05, 3.63) is 21.0 Å². The van der Waals surface area contributed by atoms with Gasteiger partial charge in [0.1, 0.15) is 5.76 Å². The summed E-state index contributed by atoms with van der Waals surface area (Å²) in [7, 11) is 0. The molecular weight excluding hydrogens is 364 g/mol. The van der Waals surface area contributed by atoms with Crippen LogP contribution in [0.2, 0.25) is 0 Å². The summed E-state index contributed by atoms with van der Waals surface area (Å²) >= 11 is 6.80. The van der Waals surface area contributed by atoms with Crippen LogP contribution in [-0.4, -0.2) is 36.7 Å². The van der Waals surface area contributed by atoms with Crippen molar-refractivity contribution in [1.29, 1.82) is 0 Å². The van der Waals surface area contributed by atoms with Crippen molar-refractivity contribution in [2.24, 2.45) is 5.73 Å². The van der Waals surface area contributed by atoms with E-state index in [1.807, 2.05) is 6.07 Å². The Hall–Kier alpha value is 0.120. The maximum Gasteiger partial charge on any atom is 0.183 e. The van der Waals surface area contributed by atoms with E-state index < -0.39 is 0 Å². The van der Waals surface area contributed by atoms with Crippen LogP contribution in [0.15, 0.2) is 19.6 Å². The molecule has 0 amide bonds. The van der Waals surface area contributed by atoms with Crippen LogP contribution < -0.4 is 5.73 Å². The van der Waals surface area contributed by atoms with Crippen molar-refractivity contribution in [3.8, 4) is 0 Å². The molecule has 2 rings (SSSR count). The van der Waals surface area contributed by atoms with Gasteiger partial charge in [-0.2, -0.15) is 0 Å². The van der Waals surface area contributed by atoms with Crippen molar-refractivity contribution in [2.75, 3.05) is 19.6 Å². The lowest BCUT2D eigenvalue weighted by Gasteiger charge is -2.39. The molecule has 1 saturated heterocycles. The number of nitrogens with two attached hydrogens (primary N) is 1. The highest BCUT2D eigenvalue weighted by atomic mass is 79.9. The van der Waals surface area contributed by atoms with Crippen LogP contribution in [0, 0.1) is 0 Å². The second-order valence-electron chi connectivity index (χ2n) is 4.73. The first kappa shape index (κ1) is 14.5. The van der Waals surface area contributed by atoms with E-state index in [0.717, 1.165) is 23.3 Å². The van der Waals surface area contributed by atoms with Gasteiger partial charge >= 0.3 is 0 Å². The minimum Gasteiger partial charge on any atom is -0.451 e. The molecule has 1 aromatic heterocycles. The van der Waals surface area contributed by atoms with E-state index in [1.165, 1.54) is 0 Å². The summed E-state index contributed by atoms with van der Waals surface area (Å²) in [6.07, 6.45) is 0.453. The molecule has 0 aromatic carbocycles. The lowest BCUT2D eigenvalue weighted by molar-refractivity contribution is -0.0819. The highest BCUT2D eigenvalue weighted by Crippen LogP contribution is 2.33. The van der Waals surface area contributed by atoms with Gasteiger partial charge in [0.15, 0.2) is 4.67 Å². The summed E-state index contributed by atoms with van der Waals surface area (Å²) in [6.45, 7) is 6.46. The molecule has 2 heterocycles. The molecule has 0 radical (unpaired) electrons. The van der Waals surface area contributed by atoms with Gasteiger partial charge in [-0.15, -0.1) is 0 Å². The molecule has 3 atom stereocenters. The van der Waals surface area contributed by atoms with Gasteiger partial charge in [-0.05, 0) is 51.8 Å². The zero-order valence-electron chi connectivity index (χ0n) is 10.5. The molecule has 3 unspecified atom stereocenters. The minimum atomic E-state index is 0.0985. The number of furan rings is 1. The van der Waals surface area contributed by atoms with E-state index in [-0.39, 0.29) is 18.2 Å². The molecule has 2 N–H and O–H groups in total. The highest BCUT2D eigenvalue weighted by molar-refractivity contribution is 9.13. The lowest BCUT2D eigenvalue weighted by atomic mass is 10.1. The average Bonchev–Trinajstić information content (AvgIpc) is 2.58. The number of halogens is 2. The van der Waals surface area contributed by atoms with Crippen molar-refractivity contribution >= 4 is 31.9 Å². The average molecular weight is 382 g/mol. The van der Waals surface area contributed by atoms with Gasteiger partial charge in [0.05, 0.1) is 22.7 Å². The van der Waals surface area contributed by atoms with Crippen LogP contribution >= 0.6 is 31.9 Å². The molecule has 1 fully saturated rings. The van der Waals surface area contributed by atoms with E-state index in [2.05, 4.69) is 50.6 Å². The largest absolute Gasteiger partial charge is 0.451 e. The van der Waals surface area contributed by atoms with Gasteiger partial charge in [-0.1, -0.05) is 0 Å².